The molecule has 4 rings (SSSR count). The molecule has 12 heteroatoms. The van der Waals surface area contributed by atoms with Crippen LogP contribution in [0.1, 0.15) is 0 Å². The minimum absolute atomic E-state index is 0.0390. The van der Waals surface area contributed by atoms with Crippen molar-refractivity contribution in [2.75, 3.05) is 62.6 Å². The van der Waals surface area contributed by atoms with E-state index in [0.29, 0.717) is 48.4 Å². The Morgan fingerprint density at radius 1 is 0.943 bits per heavy atom. The fraction of sp³-hybridized carbons (Fsp3) is 0.304. The molecular formula is C23H25ClN6O5. The molecule has 2 aromatic carbocycles. The van der Waals surface area contributed by atoms with Crippen LogP contribution in [0.25, 0.3) is 0 Å². The van der Waals surface area contributed by atoms with Gasteiger partial charge in [-0.05, 0) is 30.3 Å². The van der Waals surface area contributed by atoms with Gasteiger partial charge in [0.05, 0.1) is 37.0 Å². The van der Waals surface area contributed by atoms with Crippen molar-refractivity contribution in [3.63, 3.8) is 0 Å². The third-order valence-corrected chi connectivity index (χ3v) is 6.02. The van der Waals surface area contributed by atoms with Crippen molar-refractivity contribution in [2.24, 2.45) is 0 Å². The van der Waals surface area contributed by atoms with E-state index in [0.717, 1.165) is 11.4 Å². The maximum absolute atomic E-state index is 12.1. The lowest BCUT2D eigenvalue weighted by atomic mass is 10.2. The fourth-order valence-corrected chi connectivity index (χ4v) is 4.16. The van der Waals surface area contributed by atoms with Crippen LogP contribution in [0.2, 0.25) is 5.02 Å². The number of hydrogen-bond acceptors (Lipinski definition) is 10. The Balaban J connectivity index is 1.58. The normalized spacial score (nSPS) is 13.4. The molecule has 0 aliphatic carbocycles. The summed E-state index contributed by atoms with van der Waals surface area (Å²) in [4.78, 5) is 24.1. The Hall–Kier alpha value is -3.99. The highest BCUT2D eigenvalue weighted by Gasteiger charge is 2.30. The van der Waals surface area contributed by atoms with Gasteiger partial charge < -0.3 is 29.3 Å². The number of anilines is 4. The second-order valence-electron chi connectivity index (χ2n) is 7.64. The molecule has 1 fully saturated rings. The zero-order chi connectivity index (χ0) is 24.9. The van der Waals surface area contributed by atoms with Crippen molar-refractivity contribution in [3.8, 4) is 17.2 Å². The maximum Gasteiger partial charge on any atom is 0.353 e. The van der Waals surface area contributed by atoms with Gasteiger partial charge in [0.2, 0.25) is 11.6 Å². The molecule has 3 aromatic rings. The van der Waals surface area contributed by atoms with Crippen LogP contribution >= 0.6 is 11.6 Å². The van der Waals surface area contributed by atoms with E-state index < -0.39 is 4.92 Å². The minimum atomic E-state index is -0.481. The summed E-state index contributed by atoms with van der Waals surface area (Å²) >= 11 is 6.25. The number of aromatic nitrogens is 2. The van der Waals surface area contributed by atoms with Gasteiger partial charge in [-0.25, -0.2) is 9.97 Å². The van der Waals surface area contributed by atoms with E-state index in [1.54, 1.807) is 19.2 Å². The summed E-state index contributed by atoms with van der Waals surface area (Å²) in [6.07, 6.45) is 1.30. The average molecular weight is 501 g/mol. The summed E-state index contributed by atoms with van der Waals surface area (Å²) in [7, 11) is 4.60. The first-order valence-electron chi connectivity index (χ1n) is 10.8. The number of benzene rings is 2. The Morgan fingerprint density at radius 3 is 2.20 bits per heavy atom. The molecule has 0 saturated carbocycles. The molecule has 0 unspecified atom stereocenters. The summed E-state index contributed by atoms with van der Waals surface area (Å²) in [5.74, 6) is 1.90. The molecule has 35 heavy (non-hydrogen) atoms. The average Bonchev–Trinajstić information content (AvgIpc) is 2.89. The molecule has 2 heterocycles. The van der Waals surface area contributed by atoms with Gasteiger partial charge in [-0.15, -0.1) is 0 Å². The molecule has 0 spiro atoms. The number of ether oxygens (including phenoxy) is 3. The predicted octanol–water partition coefficient (Wildman–Crippen LogP) is 4.13. The van der Waals surface area contributed by atoms with Gasteiger partial charge in [0, 0.05) is 37.9 Å². The maximum atomic E-state index is 12.1. The largest absolute Gasteiger partial charge is 0.497 e. The standard InChI is InChI=1S/C23H25ClN6O5/c1-33-16-6-4-15(5-7-16)28-8-10-29(11-9-28)23-21(30(31)32)22(25-14-26-23)27-18-12-17(24)19(34-2)13-20(18)35-3/h4-7,12-14H,8-11H2,1-3H3,(H,25,26,27). The highest BCUT2D eigenvalue weighted by Crippen LogP contribution is 2.40. The van der Waals surface area contributed by atoms with Crippen LogP contribution in [0.4, 0.5) is 28.7 Å². The third-order valence-electron chi connectivity index (χ3n) is 5.73. The van der Waals surface area contributed by atoms with E-state index in [4.69, 9.17) is 25.8 Å². The van der Waals surface area contributed by atoms with Crippen molar-refractivity contribution in [1.82, 2.24) is 9.97 Å². The Bertz CT molecular complexity index is 1200. The first kappa shape index (κ1) is 24.1. The summed E-state index contributed by atoms with van der Waals surface area (Å²) in [6.45, 7) is 2.47. The highest BCUT2D eigenvalue weighted by molar-refractivity contribution is 6.32. The lowest BCUT2D eigenvalue weighted by molar-refractivity contribution is -0.383. The fourth-order valence-electron chi connectivity index (χ4n) is 3.92. The van der Waals surface area contributed by atoms with Gasteiger partial charge in [-0.2, -0.15) is 0 Å². The molecule has 1 aliphatic heterocycles. The number of hydrogen-bond donors (Lipinski definition) is 1. The Kier molecular flexibility index (Phi) is 7.25. The zero-order valence-corrected chi connectivity index (χ0v) is 20.3. The lowest BCUT2D eigenvalue weighted by Crippen LogP contribution is -2.47. The van der Waals surface area contributed by atoms with Crippen LogP contribution in [0.15, 0.2) is 42.7 Å². The number of nitrogens with one attached hydrogen (secondary N) is 1. The highest BCUT2D eigenvalue weighted by atomic mass is 35.5. The topological polar surface area (TPSA) is 115 Å². The predicted molar refractivity (Wildman–Crippen MR) is 134 cm³/mol. The number of nitro groups is 1. The Morgan fingerprint density at radius 2 is 1.60 bits per heavy atom. The van der Waals surface area contributed by atoms with Crippen LogP contribution in [-0.4, -0.2) is 62.4 Å². The second kappa shape index (κ2) is 10.5. The minimum Gasteiger partial charge on any atom is -0.497 e. The first-order valence-corrected chi connectivity index (χ1v) is 11.1. The number of piperazine rings is 1. The van der Waals surface area contributed by atoms with Crippen molar-refractivity contribution in [2.45, 2.75) is 0 Å². The number of methoxy groups -OCH3 is 3. The van der Waals surface area contributed by atoms with E-state index in [1.165, 1.54) is 20.5 Å². The van der Waals surface area contributed by atoms with Crippen LogP contribution in [0.5, 0.6) is 17.2 Å². The van der Waals surface area contributed by atoms with E-state index in [-0.39, 0.29) is 17.3 Å². The summed E-state index contributed by atoms with van der Waals surface area (Å²) in [5.41, 5.74) is 1.25. The van der Waals surface area contributed by atoms with Gasteiger partial charge >= 0.3 is 5.69 Å². The monoisotopic (exact) mass is 500 g/mol. The number of halogens is 1. The van der Waals surface area contributed by atoms with Gasteiger partial charge in [0.15, 0.2) is 0 Å². The van der Waals surface area contributed by atoms with Crippen molar-refractivity contribution in [3.05, 3.63) is 57.9 Å². The summed E-state index contributed by atoms with van der Waals surface area (Å²) in [6, 6.07) is 11.0. The molecule has 1 aromatic heterocycles. The molecule has 1 N–H and O–H groups in total. The van der Waals surface area contributed by atoms with Gasteiger partial charge in [0.25, 0.3) is 0 Å². The first-order chi connectivity index (χ1) is 16.9. The van der Waals surface area contributed by atoms with Crippen molar-refractivity contribution in [1.29, 1.82) is 0 Å². The van der Waals surface area contributed by atoms with E-state index in [2.05, 4.69) is 20.2 Å². The lowest BCUT2D eigenvalue weighted by Gasteiger charge is -2.36. The molecule has 0 radical (unpaired) electrons. The molecule has 11 nitrogen and oxygen atoms in total. The van der Waals surface area contributed by atoms with Gasteiger partial charge in [-0.1, -0.05) is 11.6 Å². The van der Waals surface area contributed by atoms with E-state index in [1.807, 2.05) is 29.2 Å². The molecule has 0 bridgehead atoms. The van der Waals surface area contributed by atoms with E-state index in [9.17, 15) is 10.1 Å². The van der Waals surface area contributed by atoms with Gasteiger partial charge in [-0.3, -0.25) is 10.1 Å². The summed E-state index contributed by atoms with van der Waals surface area (Å²) in [5, 5.41) is 15.4. The molecule has 1 aliphatic rings. The van der Waals surface area contributed by atoms with Crippen LogP contribution < -0.4 is 29.3 Å². The SMILES string of the molecule is COc1ccc(N2CCN(c3ncnc(Nc4cc(Cl)c(OC)cc4OC)c3[N+](=O)[O-])CC2)cc1. The van der Waals surface area contributed by atoms with E-state index >= 15 is 0 Å². The van der Waals surface area contributed by atoms with Gasteiger partial charge in [0.1, 0.15) is 23.6 Å². The molecule has 1 saturated heterocycles. The summed E-state index contributed by atoms with van der Waals surface area (Å²) < 4.78 is 15.8. The molecule has 184 valence electrons. The van der Waals surface area contributed by atoms with Crippen LogP contribution in [-0.2, 0) is 0 Å². The van der Waals surface area contributed by atoms with Crippen molar-refractivity contribution >= 4 is 40.3 Å². The quantitative estimate of drug-likeness (QED) is 0.357. The zero-order valence-electron chi connectivity index (χ0n) is 19.5. The number of nitrogens with zero attached hydrogens (tertiary/aromatic N) is 5. The molecule has 0 amide bonds. The Labute approximate surface area is 207 Å². The molecule has 0 atom stereocenters. The second-order valence-corrected chi connectivity index (χ2v) is 8.04. The van der Waals surface area contributed by atoms with Crippen molar-refractivity contribution < 1.29 is 19.1 Å². The smallest absolute Gasteiger partial charge is 0.353 e. The van der Waals surface area contributed by atoms with Crippen LogP contribution in [0, 0.1) is 10.1 Å². The third kappa shape index (κ3) is 5.09. The molecular weight excluding hydrogens is 476 g/mol. The number of rotatable bonds is 8. The van der Waals surface area contributed by atoms with Crippen LogP contribution in [0.3, 0.4) is 0 Å².